The van der Waals surface area contributed by atoms with Gasteiger partial charge in [-0.3, -0.25) is 4.79 Å². The Morgan fingerprint density at radius 1 is 1.29 bits per heavy atom. The van der Waals surface area contributed by atoms with E-state index in [1.54, 1.807) is 11.8 Å². The van der Waals surface area contributed by atoms with E-state index in [1.165, 1.54) is 0 Å². The van der Waals surface area contributed by atoms with Gasteiger partial charge in [0.2, 0.25) is 5.91 Å². The highest BCUT2D eigenvalue weighted by Crippen LogP contribution is 2.36. The highest BCUT2D eigenvalue weighted by Gasteiger charge is 2.28. The maximum atomic E-state index is 12.3. The Balaban J connectivity index is 1.32. The van der Waals surface area contributed by atoms with Gasteiger partial charge in [-0.1, -0.05) is 66.9 Å². The van der Waals surface area contributed by atoms with E-state index in [9.17, 15) is 4.79 Å². The fraction of sp³-hybridized carbons (Fsp3) is 0.400. The van der Waals surface area contributed by atoms with Crippen molar-refractivity contribution in [1.29, 1.82) is 0 Å². The van der Waals surface area contributed by atoms with Gasteiger partial charge in [-0.15, -0.1) is 0 Å². The van der Waals surface area contributed by atoms with Crippen molar-refractivity contribution in [1.82, 2.24) is 15.1 Å². The van der Waals surface area contributed by atoms with Crippen LogP contribution in [0.5, 0.6) is 0 Å². The third-order valence-corrected chi connectivity index (χ3v) is 7.49. The summed E-state index contributed by atoms with van der Waals surface area (Å²) in [5.74, 6) is 0.722. The first-order valence-corrected chi connectivity index (χ1v) is 12.2. The summed E-state index contributed by atoms with van der Waals surface area (Å²) in [7, 11) is 0. The van der Waals surface area contributed by atoms with E-state index >= 15 is 0 Å². The molecule has 0 radical (unpaired) electrons. The second-order valence-corrected chi connectivity index (χ2v) is 10.1. The number of hydrogen-bond donors (Lipinski definition) is 1. The molecule has 3 aliphatic heterocycles. The SMILES string of the molecule is C=C(NCC1CC(=C)N(C2=CC=CC(N3CCCCC3=O)C=C2)C1)C1=CCC=C(Cl)S1. The van der Waals surface area contributed by atoms with Crippen molar-refractivity contribution in [3.8, 4) is 0 Å². The van der Waals surface area contributed by atoms with Crippen molar-refractivity contribution in [3.63, 3.8) is 0 Å². The van der Waals surface area contributed by atoms with E-state index in [0.717, 1.165) is 71.7 Å². The molecule has 1 aliphatic carbocycles. The monoisotopic (exact) mass is 455 g/mol. The molecule has 4 rings (SSSR count). The smallest absolute Gasteiger partial charge is 0.223 e. The van der Waals surface area contributed by atoms with Gasteiger partial charge in [0.15, 0.2) is 0 Å². The van der Waals surface area contributed by atoms with Crippen LogP contribution in [0.2, 0.25) is 0 Å². The number of halogens is 1. The first-order valence-electron chi connectivity index (χ1n) is 11.0. The number of nitrogens with zero attached hydrogens (tertiary/aromatic N) is 2. The lowest BCUT2D eigenvalue weighted by Gasteiger charge is -2.31. The number of rotatable bonds is 6. The average molecular weight is 456 g/mol. The Labute approximate surface area is 194 Å². The first kappa shape index (κ1) is 22.1. The Hall–Kier alpha value is -2.11. The third kappa shape index (κ3) is 5.39. The molecule has 31 heavy (non-hydrogen) atoms. The fourth-order valence-corrected chi connectivity index (χ4v) is 5.52. The average Bonchev–Trinajstić information content (AvgIpc) is 2.97. The minimum absolute atomic E-state index is 0.0420. The van der Waals surface area contributed by atoms with Gasteiger partial charge in [0.1, 0.15) is 0 Å². The minimum Gasteiger partial charge on any atom is -0.384 e. The van der Waals surface area contributed by atoms with E-state index in [2.05, 4.69) is 59.8 Å². The standard InChI is InChI=1S/C25H30ClN3OS/c1-18-15-20(16-27-19(2)23-9-6-10-24(26)31-23)17-29(18)22-8-5-7-21(12-13-22)28-14-4-3-11-25(28)30/h5,7-10,12-13,20-21,27H,1-4,6,11,14-17H2. The normalized spacial score (nSPS) is 26.4. The van der Waals surface area contributed by atoms with Crippen molar-refractivity contribution in [3.05, 3.63) is 82.1 Å². The summed E-state index contributed by atoms with van der Waals surface area (Å²) in [4.78, 5) is 17.7. The largest absolute Gasteiger partial charge is 0.384 e. The molecule has 3 heterocycles. The third-order valence-electron chi connectivity index (χ3n) is 6.11. The predicted molar refractivity (Wildman–Crippen MR) is 131 cm³/mol. The number of piperidine rings is 1. The first-order chi connectivity index (χ1) is 15.0. The van der Waals surface area contributed by atoms with Gasteiger partial charge in [0.25, 0.3) is 0 Å². The highest BCUT2D eigenvalue weighted by atomic mass is 35.5. The maximum Gasteiger partial charge on any atom is 0.223 e. The molecule has 0 aromatic heterocycles. The Morgan fingerprint density at radius 2 is 2.16 bits per heavy atom. The zero-order chi connectivity index (χ0) is 21.8. The van der Waals surface area contributed by atoms with Crippen molar-refractivity contribution in [2.45, 2.75) is 38.1 Å². The molecular formula is C25H30ClN3OS. The second kappa shape index (κ2) is 10.0. The van der Waals surface area contributed by atoms with Crippen LogP contribution in [0.4, 0.5) is 0 Å². The molecule has 4 aliphatic rings. The molecule has 4 nitrogen and oxygen atoms in total. The number of carbonyl (C=O) groups excluding carboxylic acids is 1. The van der Waals surface area contributed by atoms with Gasteiger partial charge in [-0.05, 0) is 43.8 Å². The predicted octanol–water partition coefficient (Wildman–Crippen LogP) is 5.42. The fourth-order valence-electron chi connectivity index (χ4n) is 4.42. The zero-order valence-corrected chi connectivity index (χ0v) is 19.4. The van der Waals surface area contributed by atoms with Crippen LogP contribution in [0.3, 0.4) is 0 Å². The van der Waals surface area contributed by atoms with Crippen LogP contribution in [0.25, 0.3) is 0 Å². The summed E-state index contributed by atoms with van der Waals surface area (Å²) in [6, 6.07) is 0.0420. The number of allylic oxidation sites excluding steroid dienone is 6. The van der Waals surface area contributed by atoms with E-state index in [0.29, 0.717) is 12.3 Å². The van der Waals surface area contributed by atoms with E-state index < -0.39 is 0 Å². The summed E-state index contributed by atoms with van der Waals surface area (Å²) in [5.41, 5.74) is 3.20. The lowest BCUT2D eigenvalue weighted by molar-refractivity contribution is -0.133. The van der Waals surface area contributed by atoms with Crippen LogP contribution in [-0.2, 0) is 4.79 Å². The number of likely N-dealkylation sites (tertiary alicyclic amines) is 2. The molecule has 2 fully saturated rings. The summed E-state index contributed by atoms with van der Waals surface area (Å²) in [6.45, 7) is 11.1. The molecule has 164 valence electrons. The molecule has 0 aromatic carbocycles. The molecule has 0 bridgehead atoms. The van der Waals surface area contributed by atoms with Crippen LogP contribution in [0.1, 0.15) is 32.1 Å². The molecule has 2 atom stereocenters. The van der Waals surface area contributed by atoms with Gasteiger partial charge in [0, 0.05) is 48.1 Å². The maximum absolute atomic E-state index is 12.3. The van der Waals surface area contributed by atoms with Gasteiger partial charge in [-0.25, -0.2) is 0 Å². The van der Waals surface area contributed by atoms with E-state index in [-0.39, 0.29) is 11.9 Å². The lowest BCUT2D eigenvalue weighted by atomic mass is 10.1. The molecule has 6 heteroatoms. The lowest BCUT2D eigenvalue weighted by Crippen LogP contribution is -2.41. The van der Waals surface area contributed by atoms with E-state index in [1.807, 2.05) is 11.0 Å². The van der Waals surface area contributed by atoms with Gasteiger partial charge in [0.05, 0.1) is 10.4 Å². The van der Waals surface area contributed by atoms with Crippen LogP contribution in [-0.4, -0.2) is 41.4 Å². The molecule has 0 aromatic rings. The molecule has 0 spiro atoms. The van der Waals surface area contributed by atoms with Gasteiger partial charge < -0.3 is 15.1 Å². The topological polar surface area (TPSA) is 35.6 Å². The molecule has 1 amide bonds. The number of thioether (sulfide) groups is 1. The van der Waals surface area contributed by atoms with Crippen LogP contribution < -0.4 is 5.32 Å². The summed E-state index contributed by atoms with van der Waals surface area (Å²) < 4.78 is 0.811. The number of carbonyl (C=O) groups is 1. The highest BCUT2D eigenvalue weighted by molar-refractivity contribution is 8.08. The Kier molecular flexibility index (Phi) is 7.13. The summed E-state index contributed by atoms with van der Waals surface area (Å²) >= 11 is 7.70. The second-order valence-electron chi connectivity index (χ2n) is 8.39. The molecule has 1 N–H and O–H groups in total. The molecule has 2 unspecified atom stereocenters. The van der Waals surface area contributed by atoms with Crippen LogP contribution >= 0.6 is 23.4 Å². The summed E-state index contributed by atoms with van der Waals surface area (Å²) in [5, 5.41) is 3.49. The van der Waals surface area contributed by atoms with Crippen LogP contribution in [0.15, 0.2) is 82.1 Å². The van der Waals surface area contributed by atoms with Gasteiger partial charge in [-0.2, -0.15) is 0 Å². The Morgan fingerprint density at radius 3 is 2.97 bits per heavy atom. The molecule has 0 saturated carbocycles. The molecule has 2 saturated heterocycles. The summed E-state index contributed by atoms with van der Waals surface area (Å²) in [6.07, 6.45) is 19.3. The minimum atomic E-state index is 0.0420. The van der Waals surface area contributed by atoms with Crippen molar-refractivity contribution >= 4 is 29.3 Å². The van der Waals surface area contributed by atoms with Crippen molar-refractivity contribution in [2.24, 2.45) is 5.92 Å². The number of hydrogen-bond acceptors (Lipinski definition) is 4. The van der Waals surface area contributed by atoms with Crippen molar-refractivity contribution in [2.75, 3.05) is 19.6 Å². The van der Waals surface area contributed by atoms with Crippen molar-refractivity contribution < 1.29 is 4.79 Å². The molecular weight excluding hydrogens is 426 g/mol. The Bertz CT molecular complexity index is 914. The van der Waals surface area contributed by atoms with Crippen LogP contribution in [0, 0.1) is 5.92 Å². The number of amides is 1. The number of nitrogens with one attached hydrogen (secondary N) is 1. The zero-order valence-electron chi connectivity index (χ0n) is 17.9. The quantitative estimate of drug-likeness (QED) is 0.580. The van der Waals surface area contributed by atoms with Gasteiger partial charge >= 0.3 is 0 Å². The van der Waals surface area contributed by atoms with E-state index in [4.69, 9.17) is 11.6 Å².